The van der Waals surface area contributed by atoms with Gasteiger partial charge in [0.25, 0.3) is 5.91 Å². The molecule has 4 rings (SSSR count). The molecule has 1 spiro atoms. The molecule has 0 bridgehead atoms. The molecule has 26 heavy (non-hydrogen) atoms. The highest BCUT2D eigenvalue weighted by molar-refractivity contribution is 5.94. The number of hydrogen-bond acceptors (Lipinski definition) is 3. The van der Waals surface area contributed by atoms with Crippen molar-refractivity contribution in [3.8, 4) is 0 Å². The lowest BCUT2D eigenvalue weighted by Gasteiger charge is -2.58. The minimum Gasteiger partial charge on any atom is -0.472 e. The van der Waals surface area contributed by atoms with Crippen LogP contribution >= 0.6 is 0 Å². The first-order valence-electron chi connectivity index (χ1n) is 9.39. The summed E-state index contributed by atoms with van der Waals surface area (Å²) in [6.07, 6.45) is 8.32. The number of carbonyl (C=O) groups is 2. The zero-order valence-corrected chi connectivity index (χ0v) is 14.8. The van der Waals surface area contributed by atoms with Crippen LogP contribution in [0.1, 0.15) is 54.1 Å². The van der Waals surface area contributed by atoms with Crippen LogP contribution in [0, 0.1) is 5.41 Å². The van der Waals surface area contributed by atoms with E-state index in [2.05, 4.69) is 17.4 Å². The Bertz CT molecular complexity index is 764. The Kier molecular flexibility index (Phi) is 4.53. The maximum absolute atomic E-state index is 13.0. The number of nitrogens with one attached hydrogen (secondary N) is 1. The quantitative estimate of drug-likeness (QED) is 0.837. The zero-order chi connectivity index (χ0) is 18.0. The maximum Gasteiger partial charge on any atom is 0.254 e. The lowest BCUT2D eigenvalue weighted by molar-refractivity contribution is -0.178. The number of rotatable bonds is 5. The van der Waals surface area contributed by atoms with Crippen LogP contribution < -0.4 is 5.32 Å². The molecule has 1 saturated heterocycles. The number of nitrogens with zero attached hydrogens (tertiary/aromatic N) is 1. The fraction of sp³-hybridized carbons (Fsp3) is 0.429. The van der Waals surface area contributed by atoms with Gasteiger partial charge >= 0.3 is 0 Å². The highest BCUT2D eigenvalue weighted by Gasteiger charge is 2.60. The van der Waals surface area contributed by atoms with Crippen LogP contribution in [0.5, 0.6) is 0 Å². The molecule has 1 saturated carbocycles. The van der Waals surface area contributed by atoms with Gasteiger partial charge in [-0.2, -0.15) is 0 Å². The smallest absolute Gasteiger partial charge is 0.254 e. The third-order valence-electron chi connectivity index (χ3n) is 5.80. The van der Waals surface area contributed by atoms with Crippen molar-refractivity contribution >= 4 is 11.8 Å². The molecular formula is C21H24N2O3. The van der Waals surface area contributed by atoms with E-state index in [0.29, 0.717) is 18.7 Å². The zero-order valence-electron chi connectivity index (χ0n) is 14.8. The van der Waals surface area contributed by atoms with Gasteiger partial charge in [0.2, 0.25) is 5.91 Å². The van der Waals surface area contributed by atoms with Gasteiger partial charge in [0.1, 0.15) is 6.26 Å². The Morgan fingerprint density at radius 1 is 1.15 bits per heavy atom. The highest BCUT2D eigenvalue weighted by Crippen LogP contribution is 2.57. The van der Waals surface area contributed by atoms with Gasteiger partial charge in [-0.05, 0) is 24.5 Å². The third-order valence-corrected chi connectivity index (χ3v) is 5.80. The van der Waals surface area contributed by atoms with Gasteiger partial charge < -0.3 is 14.6 Å². The van der Waals surface area contributed by atoms with Crippen molar-refractivity contribution in [2.24, 2.45) is 5.41 Å². The van der Waals surface area contributed by atoms with Gasteiger partial charge in [0.05, 0.1) is 23.3 Å². The minimum atomic E-state index is -0.228. The van der Waals surface area contributed by atoms with Crippen molar-refractivity contribution in [1.29, 1.82) is 0 Å². The number of furan rings is 1. The normalized spacial score (nSPS) is 21.5. The molecule has 1 aliphatic carbocycles. The van der Waals surface area contributed by atoms with E-state index >= 15 is 0 Å². The summed E-state index contributed by atoms with van der Waals surface area (Å²) in [5.41, 5.74) is 1.48. The molecule has 2 fully saturated rings. The van der Waals surface area contributed by atoms with E-state index < -0.39 is 0 Å². The molecular weight excluding hydrogens is 328 g/mol. The SMILES string of the molecule is O=C(NCCN1C(=O)C2(CCCCC2)C1c1ccccc1)c1ccoc1. The Hall–Kier alpha value is -2.56. The second kappa shape index (κ2) is 6.98. The summed E-state index contributed by atoms with van der Waals surface area (Å²) in [4.78, 5) is 27.0. The van der Waals surface area contributed by atoms with Crippen LogP contribution in [0.4, 0.5) is 0 Å². The average molecular weight is 352 g/mol. The number of amides is 2. The van der Waals surface area contributed by atoms with E-state index in [1.807, 2.05) is 23.1 Å². The van der Waals surface area contributed by atoms with E-state index in [1.54, 1.807) is 6.07 Å². The van der Waals surface area contributed by atoms with Crippen LogP contribution in [0.15, 0.2) is 53.3 Å². The van der Waals surface area contributed by atoms with Crippen LogP contribution in [0.3, 0.4) is 0 Å². The van der Waals surface area contributed by atoms with E-state index in [4.69, 9.17) is 4.42 Å². The number of hydrogen-bond donors (Lipinski definition) is 1. The molecule has 0 radical (unpaired) electrons. The number of β-lactam (4-membered cyclic amide) rings is 1. The van der Waals surface area contributed by atoms with Gasteiger partial charge in [-0.15, -0.1) is 0 Å². The maximum atomic E-state index is 13.0. The van der Waals surface area contributed by atoms with Crippen molar-refractivity contribution in [3.05, 3.63) is 60.1 Å². The first-order chi connectivity index (χ1) is 12.7. The first-order valence-corrected chi connectivity index (χ1v) is 9.39. The molecule has 1 atom stereocenters. The molecule has 2 amide bonds. The number of benzene rings is 1. The standard InChI is InChI=1S/C21H24N2O3/c24-19(17-9-14-26-15-17)22-12-13-23-18(16-7-3-1-4-8-16)21(20(23)25)10-5-2-6-11-21/h1,3-4,7-9,14-15,18H,2,5-6,10-13H2,(H,22,24). The fourth-order valence-corrected chi connectivity index (χ4v) is 4.57. The lowest BCUT2D eigenvalue weighted by Crippen LogP contribution is -2.64. The highest BCUT2D eigenvalue weighted by atomic mass is 16.3. The third kappa shape index (κ3) is 2.81. The Morgan fingerprint density at radius 2 is 1.92 bits per heavy atom. The molecule has 1 aromatic carbocycles. The molecule has 1 aliphatic heterocycles. The predicted molar refractivity (Wildman–Crippen MR) is 97.5 cm³/mol. The molecule has 5 heteroatoms. The minimum absolute atomic E-state index is 0.127. The summed E-state index contributed by atoms with van der Waals surface area (Å²) in [6.45, 7) is 0.971. The topological polar surface area (TPSA) is 62.6 Å². The first kappa shape index (κ1) is 16.9. The lowest BCUT2D eigenvalue weighted by atomic mass is 9.60. The Morgan fingerprint density at radius 3 is 2.62 bits per heavy atom. The van der Waals surface area contributed by atoms with Crippen molar-refractivity contribution in [1.82, 2.24) is 10.2 Å². The van der Waals surface area contributed by atoms with Crippen molar-refractivity contribution in [2.45, 2.75) is 38.1 Å². The number of carbonyl (C=O) groups excluding carboxylic acids is 2. The Balaban J connectivity index is 1.46. The summed E-state index contributed by atoms with van der Waals surface area (Å²) in [6, 6.07) is 12.1. The molecule has 2 aromatic rings. The molecule has 1 unspecified atom stereocenters. The van der Waals surface area contributed by atoms with E-state index in [-0.39, 0.29) is 23.3 Å². The summed E-state index contributed by atoms with van der Waals surface area (Å²) in [5, 5.41) is 2.88. The van der Waals surface area contributed by atoms with Gasteiger partial charge in [-0.3, -0.25) is 9.59 Å². The van der Waals surface area contributed by atoms with Gasteiger partial charge in [0, 0.05) is 13.1 Å². The van der Waals surface area contributed by atoms with Gasteiger partial charge in [-0.1, -0.05) is 49.6 Å². The summed E-state index contributed by atoms with van der Waals surface area (Å²) < 4.78 is 4.94. The molecule has 136 valence electrons. The van der Waals surface area contributed by atoms with E-state index in [0.717, 1.165) is 25.7 Å². The predicted octanol–water partition coefficient (Wildman–Crippen LogP) is 3.54. The van der Waals surface area contributed by atoms with Gasteiger partial charge in [-0.25, -0.2) is 0 Å². The van der Waals surface area contributed by atoms with Crippen LogP contribution in [-0.4, -0.2) is 29.8 Å². The monoisotopic (exact) mass is 352 g/mol. The fourth-order valence-electron chi connectivity index (χ4n) is 4.57. The second-order valence-electron chi connectivity index (χ2n) is 7.30. The molecule has 2 heterocycles. The number of likely N-dealkylation sites (tertiary alicyclic amines) is 1. The summed E-state index contributed by atoms with van der Waals surface area (Å²) in [5.74, 6) is 0.0824. The largest absolute Gasteiger partial charge is 0.472 e. The van der Waals surface area contributed by atoms with Crippen LogP contribution in [0.2, 0.25) is 0 Å². The molecule has 1 aromatic heterocycles. The van der Waals surface area contributed by atoms with E-state index in [1.165, 1.54) is 24.5 Å². The van der Waals surface area contributed by atoms with Crippen molar-refractivity contribution in [2.75, 3.05) is 13.1 Å². The summed E-state index contributed by atoms with van der Waals surface area (Å²) in [7, 11) is 0. The van der Waals surface area contributed by atoms with Crippen LogP contribution in [-0.2, 0) is 4.79 Å². The average Bonchev–Trinajstić information content (AvgIpc) is 3.23. The molecule has 1 N–H and O–H groups in total. The Labute approximate surface area is 153 Å². The van der Waals surface area contributed by atoms with Crippen molar-refractivity contribution in [3.63, 3.8) is 0 Å². The second-order valence-corrected chi connectivity index (χ2v) is 7.30. The van der Waals surface area contributed by atoms with Crippen molar-refractivity contribution < 1.29 is 14.0 Å². The van der Waals surface area contributed by atoms with E-state index in [9.17, 15) is 9.59 Å². The summed E-state index contributed by atoms with van der Waals surface area (Å²) >= 11 is 0. The van der Waals surface area contributed by atoms with Gasteiger partial charge in [0.15, 0.2) is 0 Å². The van der Waals surface area contributed by atoms with Crippen LogP contribution in [0.25, 0.3) is 0 Å². The molecule has 2 aliphatic rings. The molecule has 5 nitrogen and oxygen atoms in total.